The number of rotatable bonds is 2. The van der Waals surface area contributed by atoms with E-state index in [0.29, 0.717) is 5.56 Å². The maximum Gasteiger partial charge on any atom is 0.251 e. The van der Waals surface area contributed by atoms with Crippen LogP contribution in [0.2, 0.25) is 0 Å². The number of aryl methyl sites for hydroxylation is 2. The molecular weight excluding hydrogens is 248 g/mol. The van der Waals surface area contributed by atoms with Crippen LogP contribution in [-0.4, -0.2) is 5.91 Å². The number of amides is 1. The quantitative estimate of drug-likeness (QED) is 0.821. The second-order valence-electron chi connectivity index (χ2n) is 5.39. The van der Waals surface area contributed by atoms with Gasteiger partial charge in [-0.1, -0.05) is 23.8 Å². The van der Waals surface area contributed by atoms with Crippen molar-refractivity contribution in [2.24, 2.45) is 0 Å². The van der Waals surface area contributed by atoms with E-state index in [1.807, 2.05) is 49.4 Å². The maximum absolute atomic E-state index is 12.3. The Bertz CT molecular complexity index is 664. The third-order valence-electron chi connectivity index (χ3n) is 3.83. The van der Waals surface area contributed by atoms with Crippen LogP contribution in [-0.2, 0) is 6.42 Å². The first kappa shape index (κ1) is 12.7. The molecule has 0 saturated carbocycles. The van der Waals surface area contributed by atoms with Crippen molar-refractivity contribution in [3.63, 3.8) is 0 Å². The van der Waals surface area contributed by atoms with Gasteiger partial charge in [-0.05, 0) is 55.2 Å². The number of hydrogen-bond acceptors (Lipinski definition) is 2. The van der Waals surface area contributed by atoms with Crippen molar-refractivity contribution >= 4 is 11.6 Å². The average molecular weight is 266 g/mol. The first-order chi connectivity index (χ1) is 9.63. The van der Waals surface area contributed by atoms with Gasteiger partial charge < -0.3 is 11.1 Å². The number of nitrogens with one attached hydrogen (secondary N) is 1. The van der Waals surface area contributed by atoms with Crippen LogP contribution in [0.15, 0.2) is 42.5 Å². The van der Waals surface area contributed by atoms with Gasteiger partial charge in [-0.25, -0.2) is 0 Å². The molecular formula is C17H18N2O. The largest absolute Gasteiger partial charge is 0.399 e. The lowest BCUT2D eigenvalue weighted by Gasteiger charge is -2.14. The predicted octanol–water partition coefficient (Wildman–Crippen LogP) is 2.99. The monoisotopic (exact) mass is 266 g/mol. The van der Waals surface area contributed by atoms with E-state index in [1.165, 1.54) is 11.1 Å². The molecule has 102 valence electrons. The summed E-state index contributed by atoms with van der Waals surface area (Å²) in [4.78, 5) is 12.3. The normalized spacial score (nSPS) is 16.8. The van der Waals surface area contributed by atoms with Crippen molar-refractivity contribution in [2.75, 3.05) is 5.73 Å². The number of carbonyl (C=O) groups excluding carboxylic acids is 1. The smallest absolute Gasteiger partial charge is 0.251 e. The highest BCUT2D eigenvalue weighted by atomic mass is 16.1. The minimum Gasteiger partial charge on any atom is -0.399 e. The van der Waals surface area contributed by atoms with Gasteiger partial charge in [0, 0.05) is 11.3 Å². The van der Waals surface area contributed by atoms with Crippen LogP contribution in [0.5, 0.6) is 0 Å². The Morgan fingerprint density at radius 2 is 2.10 bits per heavy atom. The van der Waals surface area contributed by atoms with E-state index in [0.717, 1.165) is 24.1 Å². The minimum atomic E-state index is -0.0108. The Kier molecular flexibility index (Phi) is 3.18. The highest BCUT2D eigenvalue weighted by molar-refractivity contribution is 5.94. The first-order valence-corrected chi connectivity index (χ1v) is 6.89. The van der Waals surface area contributed by atoms with E-state index in [9.17, 15) is 4.79 Å². The fourth-order valence-electron chi connectivity index (χ4n) is 2.82. The van der Waals surface area contributed by atoms with Crippen molar-refractivity contribution < 1.29 is 4.79 Å². The molecule has 1 aliphatic rings. The summed E-state index contributed by atoms with van der Waals surface area (Å²) < 4.78 is 0. The zero-order chi connectivity index (χ0) is 14.1. The third kappa shape index (κ3) is 2.39. The Labute approximate surface area is 118 Å². The molecule has 0 radical (unpaired) electrons. The Balaban J connectivity index is 1.79. The molecule has 1 unspecified atom stereocenters. The molecule has 3 N–H and O–H groups in total. The van der Waals surface area contributed by atoms with Gasteiger partial charge in [0.1, 0.15) is 0 Å². The number of nitrogens with two attached hydrogens (primary N) is 1. The summed E-state index contributed by atoms with van der Waals surface area (Å²) in [6.45, 7) is 1.99. The molecule has 1 atom stereocenters. The molecule has 3 heteroatoms. The number of anilines is 1. The Hall–Kier alpha value is -2.29. The summed E-state index contributed by atoms with van der Waals surface area (Å²) in [6.07, 6.45) is 1.91. The molecule has 0 fully saturated rings. The van der Waals surface area contributed by atoms with E-state index in [4.69, 9.17) is 5.73 Å². The summed E-state index contributed by atoms with van der Waals surface area (Å²) in [5.74, 6) is -0.0108. The summed E-state index contributed by atoms with van der Waals surface area (Å²) >= 11 is 0. The molecule has 3 nitrogen and oxygen atoms in total. The van der Waals surface area contributed by atoms with Gasteiger partial charge in [0.2, 0.25) is 0 Å². The Morgan fingerprint density at radius 1 is 1.25 bits per heavy atom. The fourth-order valence-corrected chi connectivity index (χ4v) is 2.82. The maximum atomic E-state index is 12.3. The standard InChI is InChI=1S/C17H18N2O/c1-11-3-2-4-13(9-11)17(20)19-16-8-5-12-10-14(18)6-7-15(12)16/h2-4,6-7,9-10,16H,5,8,18H2,1H3,(H,19,20). The first-order valence-electron chi connectivity index (χ1n) is 6.89. The molecule has 0 aliphatic heterocycles. The zero-order valence-electron chi connectivity index (χ0n) is 11.5. The highest BCUT2D eigenvalue weighted by Gasteiger charge is 2.24. The third-order valence-corrected chi connectivity index (χ3v) is 3.83. The summed E-state index contributed by atoms with van der Waals surface area (Å²) in [7, 11) is 0. The van der Waals surface area contributed by atoms with Gasteiger partial charge in [-0.2, -0.15) is 0 Å². The molecule has 3 rings (SSSR count). The van der Waals surface area contributed by atoms with E-state index in [2.05, 4.69) is 5.32 Å². The summed E-state index contributed by atoms with van der Waals surface area (Å²) in [5.41, 5.74) is 10.8. The number of fused-ring (bicyclic) bond motifs is 1. The van der Waals surface area contributed by atoms with Gasteiger partial charge >= 0.3 is 0 Å². The molecule has 2 aromatic rings. The highest BCUT2D eigenvalue weighted by Crippen LogP contribution is 2.32. The van der Waals surface area contributed by atoms with Gasteiger partial charge in [-0.3, -0.25) is 4.79 Å². The van der Waals surface area contributed by atoms with Crippen LogP contribution in [0.1, 0.15) is 39.5 Å². The van der Waals surface area contributed by atoms with Gasteiger partial charge in [0.25, 0.3) is 5.91 Å². The van der Waals surface area contributed by atoms with Gasteiger partial charge in [-0.15, -0.1) is 0 Å². The number of benzene rings is 2. The molecule has 20 heavy (non-hydrogen) atoms. The molecule has 1 aliphatic carbocycles. The second-order valence-corrected chi connectivity index (χ2v) is 5.39. The summed E-state index contributed by atoms with van der Waals surface area (Å²) in [5, 5.41) is 3.12. The average Bonchev–Trinajstić information content (AvgIpc) is 2.81. The van der Waals surface area contributed by atoms with E-state index in [1.54, 1.807) is 0 Å². The lowest BCUT2D eigenvalue weighted by molar-refractivity contribution is 0.0936. The van der Waals surface area contributed by atoms with Crippen LogP contribution in [0.25, 0.3) is 0 Å². The molecule has 1 amide bonds. The Morgan fingerprint density at radius 3 is 2.90 bits per heavy atom. The molecule has 0 heterocycles. The zero-order valence-corrected chi connectivity index (χ0v) is 11.5. The summed E-state index contributed by atoms with van der Waals surface area (Å²) in [6, 6.07) is 13.7. The molecule has 0 saturated heterocycles. The van der Waals surface area contributed by atoms with Crippen LogP contribution in [0.3, 0.4) is 0 Å². The lowest BCUT2D eigenvalue weighted by atomic mass is 10.1. The SMILES string of the molecule is Cc1cccc(C(=O)NC2CCc3cc(N)ccc32)c1. The van der Waals surface area contributed by atoms with E-state index in [-0.39, 0.29) is 11.9 Å². The molecule has 0 aromatic heterocycles. The van der Waals surface area contributed by atoms with Gasteiger partial charge in [0.15, 0.2) is 0 Å². The van der Waals surface area contributed by atoms with Crippen molar-refractivity contribution in [1.82, 2.24) is 5.32 Å². The molecule has 2 aromatic carbocycles. The lowest BCUT2D eigenvalue weighted by Crippen LogP contribution is -2.27. The van der Waals surface area contributed by atoms with Crippen molar-refractivity contribution in [1.29, 1.82) is 0 Å². The van der Waals surface area contributed by atoms with Gasteiger partial charge in [0.05, 0.1) is 6.04 Å². The fraction of sp³-hybridized carbons (Fsp3) is 0.235. The second kappa shape index (κ2) is 5.00. The van der Waals surface area contributed by atoms with E-state index >= 15 is 0 Å². The van der Waals surface area contributed by atoms with E-state index < -0.39 is 0 Å². The van der Waals surface area contributed by atoms with Crippen LogP contribution in [0, 0.1) is 6.92 Å². The van der Waals surface area contributed by atoms with Crippen LogP contribution >= 0.6 is 0 Å². The molecule has 0 bridgehead atoms. The number of carbonyl (C=O) groups is 1. The number of hydrogen-bond donors (Lipinski definition) is 2. The van der Waals surface area contributed by atoms with Crippen LogP contribution < -0.4 is 11.1 Å². The predicted molar refractivity (Wildman–Crippen MR) is 80.6 cm³/mol. The van der Waals surface area contributed by atoms with Crippen molar-refractivity contribution in [3.05, 3.63) is 64.7 Å². The number of nitrogen functional groups attached to an aromatic ring is 1. The topological polar surface area (TPSA) is 55.1 Å². The van der Waals surface area contributed by atoms with Crippen molar-refractivity contribution in [3.8, 4) is 0 Å². The van der Waals surface area contributed by atoms with Crippen molar-refractivity contribution in [2.45, 2.75) is 25.8 Å². The molecule has 0 spiro atoms. The van der Waals surface area contributed by atoms with Crippen LogP contribution in [0.4, 0.5) is 5.69 Å². The minimum absolute atomic E-state index is 0.0108.